The van der Waals surface area contributed by atoms with Gasteiger partial charge in [-0.05, 0) is 36.8 Å². The molecule has 0 aromatic heterocycles. The van der Waals surface area contributed by atoms with Crippen molar-refractivity contribution in [2.75, 3.05) is 12.3 Å². The van der Waals surface area contributed by atoms with E-state index >= 15 is 0 Å². The number of benzene rings is 2. The van der Waals surface area contributed by atoms with Gasteiger partial charge >= 0.3 is 5.69 Å². The first-order valence-corrected chi connectivity index (χ1v) is 6.54. The smallest absolute Gasteiger partial charge is 0.311 e. The molecule has 0 aliphatic carbocycles. The van der Waals surface area contributed by atoms with Gasteiger partial charge < -0.3 is 15.2 Å². The molecule has 0 atom stereocenters. The third-order valence-corrected chi connectivity index (χ3v) is 2.71. The van der Waals surface area contributed by atoms with Gasteiger partial charge in [0.1, 0.15) is 11.5 Å². The minimum Gasteiger partial charge on any atom is -0.487 e. The van der Waals surface area contributed by atoms with Gasteiger partial charge in [0.25, 0.3) is 0 Å². The Labute approximate surface area is 122 Å². The Morgan fingerprint density at radius 2 is 1.81 bits per heavy atom. The number of nitro benzene ring substituents is 1. The zero-order valence-corrected chi connectivity index (χ0v) is 11.6. The minimum absolute atomic E-state index is 0.0758. The van der Waals surface area contributed by atoms with E-state index in [1.165, 1.54) is 18.2 Å². The second-order valence-electron chi connectivity index (χ2n) is 4.41. The summed E-state index contributed by atoms with van der Waals surface area (Å²) >= 11 is 0. The van der Waals surface area contributed by atoms with Crippen molar-refractivity contribution in [2.24, 2.45) is 0 Å². The fraction of sp³-hybridized carbons (Fsp3) is 0.200. The van der Waals surface area contributed by atoms with E-state index in [1.807, 2.05) is 6.92 Å². The summed E-state index contributed by atoms with van der Waals surface area (Å²) in [6.45, 7) is 2.34. The highest BCUT2D eigenvalue weighted by Crippen LogP contribution is 2.33. The van der Waals surface area contributed by atoms with Gasteiger partial charge in [0, 0.05) is 17.8 Å². The largest absolute Gasteiger partial charge is 0.487 e. The molecule has 21 heavy (non-hydrogen) atoms. The molecule has 6 heteroatoms. The molecule has 2 rings (SSSR count). The van der Waals surface area contributed by atoms with Gasteiger partial charge in [-0.3, -0.25) is 10.1 Å². The normalized spacial score (nSPS) is 10.1. The quantitative estimate of drug-likeness (QED) is 0.496. The summed E-state index contributed by atoms with van der Waals surface area (Å²) in [6, 6.07) is 11.3. The van der Waals surface area contributed by atoms with Crippen LogP contribution < -0.4 is 15.2 Å². The average Bonchev–Trinajstić information content (AvgIpc) is 2.47. The second kappa shape index (κ2) is 6.60. The van der Waals surface area contributed by atoms with Crippen LogP contribution in [0.4, 0.5) is 11.4 Å². The van der Waals surface area contributed by atoms with Crippen LogP contribution in [0.15, 0.2) is 42.5 Å². The van der Waals surface area contributed by atoms with Crippen LogP contribution in [0.1, 0.15) is 13.3 Å². The number of nitrogens with two attached hydrogens (primary N) is 1. The molecular weight excluding hydrogens is 272 g/mol. The number of anilines is 1. The maximum absolute atomic E-state index is 11.0. The lowest BCUT2D eigenvalue weighted by molar-refractivity contribution is -0.385. The van der Waals surface area contributed by atoms with Crippen LogP contribution in [0.5, 0.6) is 17.2 Å². The van der Waals surface area contributed by atoms with Crippen LogP contribution in [0.25, 0.3) is 0 Å². The number of nitro groups is 1. The van der Waals surface area contributed by atoms with Crippen molar-refractivity contribution in [1.82, 2.24) is 0 Å². The van der Waals surface area contributed by atoms with Gasteiger partial charge in [0.15, 0.2) is 0 Å². The Kier molecular flexibility index (Phi) is 4.61. The molecule has 0 unspecified atom stereocenters. The summed E-state index contributed by atoms with van der Waals surface area (Å²) in [5.41, 5.74) is 6.16. The SMILES string of the molecule is CCCOc1cc(Oc2ccc(N)cc2)ccc1[N+](=O)[O-]. The monoisotopic (exact) mass is 288 g/mol. The van der Waals surface area contributed by atoms with Crippen LogP contribution in [0.3, 0.4) is 0 Å². The lowest BCUT2D eigenvalue weighted by Gasteiger charge is -2.09. The van der Waals surface area contributed by atoms with E-state index in [-0.39, 0.29) is 11.4 Å². The fourth-order valence-corrected chi connectivity index (χ4v) is 1.71. The number of hydrogen-bond donors (Lipinski definition) is 1. The Balaban J connectivity index is 2.23. The molecule has 2 aromatic rings. The molecule has 0 bridgehead atoms. The van der Waals surface area contributed by atoms with Crippen LogP contribution >= 0.6 is 0 Å². The minimum atomic E-state index is -0.474. The molecule has 6 nitrogen and oxygen atoms in total. The summed E-state index contributed by atoms with van der Waals surface area (Å²) in [6.07, 6.45) is 0.764. The number of hydrogen-bond acceptors (Lipinski definition) is 5. The first-order valence-electron chi connectivity index (χ1n) is 6.54. The predicted octanol–water partition coefficient (Wildman–Crippen LogP) is 3.76. The third-order valence-electron chi connectivity index (χ3n) is 2.71. The molecule has 0 saturated heterocycles. The fourth-order valence-electron chi connectivity index (χ4n) is 1.71. The Morgan fingerprint density at radius 1 is 1.14 bits per heavy atom. The number of nitrogen functional groups attached to an aromatic ring is 1. The molecule has 0 amide bonds. The molecule has 0 radical (unpaired) electrons. The van der Waals surface area contributed by atoms with Crippen molar-refractivity contribution in [3.8, 4) is 17.2 Å². The maximum atomic E-state index is 11.0. The molecule has 0 aliphatic heterocycles. The average molecular weight is 288 g/mol. The van der Waals surface area contributed by atoms with Crippen molar-refractivity contribution in [3.63, 3.8) is 0 Å². The molecule has 0 saturated carbocycles. The van der Waals surface area contributed by atoms with E-state index in [4.69, 9.17) is 15.2 Å². The summed E-state index contributed by atoms with van der Waals surface area (Å²) < 4.78 is 11.0. The van der Waals surface area contributed by atoms with E-state index in [0.29, 0.717) is 23.8 Å². The number of ether oxygens (including phenoxy) is 2. The summed E-state index contributed by atoms with van der Waals surface area (Å²) in [4.78, 5) is 10.5. The molecule has 2 N–H and O–H groups in total. The van der Waals surface area contributed by atoms with Crippen LogP contribution in [-0.4, -0.2) is 11.5 Å². The lowest BCUT2D eigenvalue weighted by Crippen LogP contribution is -1.99. The maximum Gasteiger partial charge on any atom is 0.311 e. The van der Waals surface area contributed by atoms with E-state index in [9.17, 15) is 10.1 Å². The number of rotatable bonds is 6. The summed E-state index contributed by atoms with van der Waals surface area (Å²) in [5.74, 6) is 1.27. The topological polar surface area (TPSA) is 87.6 Å². The van der Waals surface area contributed by atoms with Gasteiger partial charge in [-0.15, -0.1) is 0 Å². The van der Waals surface area contributed by atoms with Gasteiger partial charge in [-0.2, -0.15) is 0 Å². The highest BCUT2D eigenvalue weighted by molar-refractivity contribution is 5.52. The van der Waals surface area contributed by atoms with E-state index < -0.39 is 4.92 Å². The molecular formula is C15H16N2O4. The Hall–Kier alpha value is -2.76. The molecule has 0 fully saturated rings. The van der Waals surface area contributed by atoms with E-state index in [1.54, 1.807) is 24.3 Å². The van der Waals surface area contributed by atoms with E-state index in [0.717, 1.165) is 6.42 Å². The molecule has 0 aliphatic rings. The second-order valence-corrected chi connectivity index (χ2v) is 4.41. The van der Waals surface area contributed by atoms with Crippen LogP contribution in [0.2, 0.25) is 0 Å². The van der Waals surface area contributed by atoms with Gasteiger partial charge in [-0.1, -0.05) is 6.92 Å². The molecule has 110 valence electrons. The van der Waals surface area contributed by atoms with Crippen molar-refractivity contribution in [3.05, 3.63) is 52.6 Å². The Morgan fingerprint density at radius 3 is 2.43 bits per heavy atom. The third kappa shape index (κ3) is 3.85. The molecule has 2 aromatic carbocycles. The van der Waals surface area contributed by atoms with Gasteiger partial charge in [0.2, 0.25) is 5.75 Å². The molecule has 0 heterocycles. The standard InChI is InChI=1S/C15H16N2O4/c1-2-9-20-15-10-13(7-8-14(15)17(18)19)21-12-5-3-11(16)4-6-12/h3-8,10H,2,9,16H2,1H3. The van der Waals surface area contributed by atoms with E-state index in [2.05, 4.69) is 0 Å². The highest BCUT2D eigenvalue weighted by atomic mass is 16.6. The van der Waals surface area contributed by atoms with Crippen molar-refractivity contribution in [2.45, 2.75) is 13.3 Å². The van der Waals surface area contributed by atoms with Crippen molar-refractivity contribution < 1.29 is 14.4 Å². The summed E-state index contributed by atoms with van der Waals surface area (Å²) in [5, 5.41) is 11.0. The van der Waals surface area contributed by atoms with Crippen molar-refractivity contribution >= 4 is 11.4 Å². The van der Waals surface area contributed by atoms with Crippen LogP contribution in [-0.2, 0) is 0 Å². The van der Waals surface area contributed by atoms with Crippen LogP contribution in [0, 0.1) is 10.1 Å². The molecule has 0 spiro atoms. The summed E-state index contributed by atoms with van der Waals surface area (Å²) in [7, 11) is 0. The predicted molar refractivity (Wildman–Crippen MR) is 79.8 cm³/mol. The lowest BCUT2D eigenvalue weighted by atomic mass is 10.2. The first kappa shape index (κ1) is 14.6. The highest BCUT2D eigenvalue weighted by Gasteiger charge is 2.16. The van der Waals surface area contributed by atoms with Gasteiger partial charge in [-0.25, -0.2) is 0 Å². The van der Waals surface area contributed by atoms with Crippen molar-refractivity contribution in [1.29, 1.82) is 0 Å². The zero-order valence-electron chi connectivity index (χ0n) is 11.6. The first-order chi connectivity index (χ1) is 10.1. The van der Waals surface area contributed by atoms with Gasteiger partial charge in [0.05, 0.1) is 11.5 Å². The zero-order chi connectivity index (χ0) is 15.2. The number of nitrogens with zero attached hydrogens (tertiary/aromatic N) is 1. The Bertz CT molecular complexity index is 626.